The summed E-state index contributed by atoms with van der Waals surface area (Å²) in [6.45, 7) is 2.37. The monoisotopic (exact) mass is 392 g/mol. The molecule has 6 heteroatoms. The van der Waals surface area contributed by atoms with E-state index in [0.717, 1.165) is 54.8 Å². The first-order valence-corrected chi connectivity index (χ1v) is 10.1. The fourth-order valence-corrected chi connectivity index (χ4v) is 4.52. The number of piperidine rings is 1. The topological polar surface area (TPSA) is 64.0 Å². The first-order chi connectivity index (χ1) is 13.0. The van der Waals surface area contributed by atoms with Gasteiger partial charge in [0.1, 0.15) is 0 Å². The average molecular weight is 393 g/mol. The van der Waals surface area contributed by atoms with E-state index >= 15 is 0 Å². The van der Waals surface area contributed by atoms with Crippen molar-refractivity contribution in [2.45, 2.75) is 38.1 Å². The van der Waals surface area contributed by atoms with Crippen LogP contribution in [-0.4, -0.2) is 65.4 Å². The Labute approximate surface area is 166 Å². The normalized spacial score (nSPS) is 21.8. The highest BCUT2D eigenvalue weighted by molar-refractivity contribution is 6.30. The summed E-state index contributed by atoms with van der Waals surface area (Å²) in [6, 6.07) is 8.31. The molecule has 0 bridgehead atoms. The molecule has 27 heavy (non-hydrogen) atoms. The van der Waals surface area contributed by atoms with Gasteiger partial charge < -0.3 is 20.0 Å². The number of rotatable bonds is 5. The molecule has 1 fully saturated rings. The molecule has 1 atom stereocenters. The number of hydrogen-bond acceptors (Lipinski definition) is 3. The van der Waals surface area contributed by atoms with Crippen LogP contribution in [0, 0.1) is 5.92 Å². The van der Waals surface area contributed by atoms with Gasteiger partial charge in [-0.05, 0) is 73.9 Å². The molecule has 2 N–H and O–H groups in total. The number of allylic oxidation sites excluding steroid dienone is 1. The van der Waals surface area contributed by atoms with E-state index in [4.69, 9.17) is 16.7 Å². The third-order valence-electron chi connectivity index (χ3n) is 6.07. The van der Waals surface area contributed by atoms with Gasteiger partial charge in [-0.2, -0.15) is 0 Å². The molecule has 0 aromatic heterocycles. The zero-order chi connectivity index (χ0) is 19.4. The maximum absolute atomic E-state index is 11.0. The Bertz CT molecular complexity index is 681. The Morgan fingerprint density at radius 3 is 2.48 bits per heavy atom. The number of hydrogen-bond donors (Lipinski definition) is 2. The van der Waals surface area contributed by atoms with Crippen molar-refractivity contribution in [2.24, 2.45) is 5.92 Å². The summed E-state index contributed by atoms with van der Waals surface area (Å²) in [4.78, 5) is 15.0. The van der Waals surface area contributed by atoms with Gasteiger partial charge in [-0.15, -0.1) is 0 Å². The van der Waals surface area contributed by atoms with Crippen molar-refractivity contribution in [3.63, 3.8) is 0 Å². The number of likely N-dealkylation sites (tertiary alicyclic amines) is 1. The number of aliphatic hydroxyl groups is 1. The lowest BCUT2D eigenvalue weighted by Gasteiger charge is -2.37. The summed E-state index contributed by atoms with van der Waals surface area (Å²) in [5.74, 6) is 0.546. The van der Waals surface area contributed by atoms with Crippen LogP contribution in [0.25, 0.3) is 5.57 Å². The van der Waals surface area contributed by atoms with Gasteiger partial charge >= 0.3 is 6.09 Å². The first-order valence-electron chi connectivity index (χ1n) is 9.73. The summed E-state index contributed by atoms with van der Waals surface area (Å²) >= 11 is 6.00. The van der Waals surface area contributed by atoms with Crippen LogP contribution < -0.4 is 0 Å². The second kappa shape index (κ2) is 9.09. The fraction of sp³-hybridized carbons (Fsp3) is 0.571. The van der Waals surface area contributed by atoms with Crippen LogP contribution in [0.15, 0.2) is 29.8 Å². The van der Waals surface area contributed by atoms with E-state index in [9.17, 15) is 9.90 Å². The lowest BCUT2D eigenvalue weighted by molar-refractivity contribution is 0.108. The van der Waals surface area contributed by atoms with E-state index in [-0.39, 0.29) is 6.61 Å². The van der Waals surface area contributed by atoms with Crippen LogP contribution in [0.3, 0.4) is 0 Å². The number of amides is 1. The van der Waals surface area contributed by atoms with Gasteiger partial charge in [0, 0.05) is 30.7 Å². The maximum atomic E-state index is 11.0. The summed E-state index contributed by atoms with van der Waals surface area (Å²) in [5, 5.41) is 19.7. The van der Waals surface area contributed by atoms with Gasteiger partial charge in [0.15, 0.2) is 0 Å². The number of halogens is 1. The minimum atomic E-state index is -0.804. The molecule has 1 aliphatic carbocycles. The Morgan fingerprint density at radius 1 is 1.22 bits per heavy atom. The van der Waals surface area contributed by atoms with Crippen molar-refractivity contribution in [2.75, 3.05) is 33.3 Å². The number of aliphatic hydroxyl groups excluding tert-OH is 1. The van der Waals surface area contributed by atoms with E-state index < -0.39 is 6.09 Å². The van der Waals surface area contributed by atoms with E-state index in [0.29, 0.717) is 25.0 Å². The Kier molecular flexibility index (Phi) is 6.79. The molecule has 1 amide bonds. The summed E-state index contributed by atoms with van der Waals surface area (Å²) in [7, 11) is 2.16. The van der Waals surface area contributed by atoms with Crippen LogP contribution in [-0.2, 0) is 0 Å². The summed E-state index contributed by atoms with van der Waals surface area (Å²) in [5.41, 5.74) is 3.54. The predicted octanol–water partition coefficient (Wildman–Crippen LogP) is 3.96. The van der Waals surface area contributed by atoms with Crippen molar-refractivity contribution in [3.8, 4) is 0 Å². The van der Waals surface area contributed by atoms with Gasteiger partial charge in [0.25, 0.3) is 0 Å². The van der Waals surface area contributed by atoms with Crippen LogP contribution in [0.1, 0.15) is 37.7 Å². The van der Waals surface area contributed by atoms with Crippen molar-refractivity contribution in [3.05, 3.63) is 40.4 Å². The SMILES string of the molecule is CN(CC1CCN(C(=O)O)CC1)C1CCC(c2ccc(Cl)cc2)=C(CO)C1. The van der Waals surface area contributed by atoms with Crippen LogP contribution in [0.2, 0.25) is 5.02 Å². The predicted molar refractivity (Wildman–Crippen MR) is 108 cm³/mol. The molecule has 0 radical (unpaired) electrons. The van der Waals surface area contributed by atoms with Gasteiger partial charge in [-0.3, -0.25) is 0 Å². The van der Waals surface area contributed by atoms with E-state index in [1.807, 2.05) is 24.3 Å². The van der Waals surface area contributed by atoms with Crippen molar-refractivity contribution < 1.29 is 15.0 Å². The van der Waals surface area contributed by atoms with Gasteiger partial charge in [0.05, 0.1) is 6.61 Å². The average Bonchev–Trinajstić information content (AvgIpc) is 2.68. The van der Waals surface area contributed by atoms with Crippen molar-refractivity contribution in [1.82, 2.24) is 9.80 Å². The Balaban J connectivity index is 1.59. The van der Waals surface area contributed by atoms with Gasteiger partial charge in [-0.1, -0.05) is 23.7 Å². The van der Waals surface area contributed by atoms with Gasteiger partial charge in [-0.25, -0.2) is 4.79 Å². The molecule has 1 aromatic rings. The Morgan fingerprint density at radius 2 is 1.89 bits per heavy atom. The molecular weight excluding hydrogens is 364 g/mol. The maximum Gasteiger partial charge on any atom is 0.407 e. The van der Waals surface area contributed by atoms with Crippen LogP contribution >= 0.6 is 11.6 Å². The zero-order valence-electron chi connectivity index (χ0n) is 15.9. The minimum absolute atomic E-state index is 0.0965. The van der Waals surface area contributed by atoms with Crippen molar-refractivity contribution in [1.29, 1.82) is 0 Å². The molecule has 148 valence electrons. The lowest BCUT2D eigenvalue weighted by Crippen LogP contribution is -2.43. The number of carbonyl (C=O) groups is 1. The molecule has 1 heterocycles. The largest absolute Gasteiger partial charge is 0.465 e. The van der Waals surface area contributed by atoms with E-state index in [1.165, 1.54) is 10.5 Å². The summed E-state index contributed by atoms with van der Waals surface area (Å²) in [6.07, 6.45) is 3.99. The molecule has 0 spiro atoms. The van der Waals surface area contributed by atoms with Crippen LogP contribution in [0.5, 0.6) is 0 Å². The molecule has 0 saturated carbocycles. The number of carboxylic acid groups (broad SMARTS) is 1. The smallest absolute Gasteiger partial charge is 0.407 e. The molecule has 5 nitrogen and oxygen atoms in total. The lowest BCUT2D eigenvalue weighted by atomic mass is 9.84. The second-order valence-corrected chi connectivity index (χ2v) is 8.23. The molecule has 1 aliphatic heterocycles. The number of nitrogens with zero attached hydrogens (tertiary/aromatic N) is 2. The third-order valence-corrected chi connectivity index (χ3v) is 6.33. The Hall–Kier alpha value is -1.56. The first kappa shape index (κ1) is 20.2. The van der Waals surface area contributed by atoms with E-state index in [2.05, 4.69) is 11.9 Å². The fourth-order valence-electron chi connectivity index (χ4n) is 4.40. The third kappa shape index (κ3) is 5.03. The highest BCUT2D eigenvalue weighted by Gasteiger charge is 2.28. The minimum Gasteiger partial charge on any atom is -0.465 e. The quantitative estimate of drug-likeness (QED) is 0.796. The van der Waals surface area contributed by atoms with E-state index in [1.54, 1.807) is 0 Å². The molecule has 2 aliphatic rings. The van der Waals surface area contributed by atoms with Crippen molar-refractivity contribution >= 4 is 23.3 Å². The zero-order valence-corrected chi connectivity index (χ0v) is 16.7. The molecule has 1 aromatic carbocycles. The second-order valence-electron chi connectivity index (χ2n) is 7.80. The standard InChI is InChI=1S/C21H29ClN2O3/c1-23(13-15-8-10-24(11-9-15)21(26)27)19-6-7-20(17(12-19)14-25)16-2-4-18(22)5-3-16/h2-5,15,19,25H,6-14H2,1H3,(H,26,27). The highest BCUT2D eigenvalue weighted by Crippen LogP contribution is 2.35. The molecule has 1 saturated heterocycles. The van der Waals surface area contributed by atoms with Gasteiger partial charge in [0.2, 0.25) is 0 Å². The molecular formula is C21H29ClN2O3. The molecule has 3 rings (SSSR count). The number of benzene rings is 1. The molecule has 1 unspecified atom stereocenters. The summed E-state index contributed by atoms with van der Waals surface area (Å²) < 4.78 is 0. The van der Waals surface area contributed by atoms with Crippen LogP contribution in [0.4, 0.5) is 4.79 Å². The highest BCUT2D eigenvalue weighted by atomic mass is 35.5.